The normalized spacial score (nSPS) is 11.1. The Balaban J connectivity index is 2.30. The Bertz CT molecular complexity index is 714. The Hall–Kier alpha value is -2.83. The summed E-state index contributed by atoms with van der Waals surface area (Å²) in [5.41, 5.74) is 0.213. The van der Waals surface area contributed by atoms with E-state index in [2.05, 4.69) is 25.7 Å². The Morgan fingerprint density at radius 2 is 2.09 bits per heavy atom. The molecule has 0 aromatic carbocycles. The number of nitrogens with one attached hydrogen (secondary N) is 2. The number of hydrogen-bond donors (Lipinski definition) is 2. The van der Waals surface area contributed by atoms with Crippen molar-refractivity contribution in [2.24, 2.45) is 0 Å². The SMILES string of the molecule is CNc1nc(Nc2cnn(CC#N)c2C)ncc1C(F)(F)F. The average molecular weight is 311 g/mol. The molecule has 0 fully saturated rings. The van der Waals surface area contributed by atoms with E-state index >= 15 is 0 Å². The second-order valence-electron chi connectivity index (χ2n) is 4.29. The van der Waals surface area contributed by atoms with Gasteiger partial charge in [0, 0.05) is 13.2 Å². The van der Waals surface area contributed by atoms with E-state index in [4.69, 9.17) is 5.26 Å². The Kier molecular flexibility index (Phi) is 4.16. The fourth-order valence-electron chi connectivity index (χ4n) is 1.76. The molecule has 2 aromatic rings. The van der Waals surface area contributed by atoms with Gasteiger partial charge in [-0.25, -0.2) is 4.98 Å². The molecule has 2 aromatic heterocycles. The molecular formula is C12H12F3N7. The lowest BCUT2D eigenvalue weighted by Crippen LogP contribution is -2.12. The number of nitrogens with zero attached hydrogens (tertiary/aromatic N) is 5. The topological polar surface area (TPSA) is 91.5 Å². The van der Waals surface area contributed by atoms with Gasteiger partial charge in [-0.2, -0.15) is 28.5 Å². The van der Waals surface area contributed by atoms with Crippen LogP contribution in [0.1, 0.15) is 11.3 Å². The zero-order chi connectivity index (χ0) is 16.3. The van der Waals surface area contributed by atoms with Crippen LogP contribution < -0.4 is 10.6 Å². The maximum atomic E-state index is 12.8. The summed E-state index contributed by atoms with van der Waals surface area (Å²) in [6.07, 6.45) is -2.38. The van der Waals surface area contributed by atoms with E-state index in [9.17, 15) is 13.2 Å². The molecule has 116 valence electrons. The molecule has 0 aliphatic carbocycles. The summed E-state index contributed by atoms with van der Waals surface area (Å²) in [5, 5.41) is 17.8. The monoisotopic (exact) mass is 311 g/mol. The number of nitriles is 1. The van der Waals surface area contributed by atoms with E-state index in [0.29, 0.717) is 17.6 Å². The first-order valence-corrected chi connectivity index (χ1v) is 6.15. The summed E-state index contributed by atoms with van der Waals surface area (Å²) in [5.74, 6) is -0.330. The number of anilines is 3. The van der Waals surface area contributed by atoms with Gasteiger partial charge in [-0.1, -0.05) is 0 Å². The van der Waals surface area contributed by atoms with Crippen molar-refractivity contribution in [3.63, 3.8) is 0 Å². The van der Waals surface area contributed by atoms with Crippen LogP contribution in [0.4, 0.5) is 30.6 Å². The van der Waals surface area contributed by atoms with Crippen LogP contribution >= 0.6 is 0 Å². The van der Waals surface area contributed by atoms with Crippen LogP contribution in [0.25, 0.3) is 0 Å². The smallest absolute Gasteiger partial charge is 0.372 e. The predicted octanol–water partition coefficient (Wildman–Crippen LogP) is 2.31. The van der Waals surface area contributed by atoms with Gasteiger partial charge < -0.3 is 10.6 Å². The quantitative estimate of drug-likeness (QED) is 0.900. The van der Waals surface area contributed by atoms with Gasteiger partial charge in [0.25, 0.3) is 0 Å². The first-order chi connectivity index (χ1) is 10.4. The van der Waals surface area contributed by atoms with Gasteiger partial charge in [0.2, 0.25) is 5.95 Å². The van der Waals surface area contributed by atoms with Crippen LogP contribution in [0.3, 0.4) is 0 Å². The third kappa shape index (κ3) is 3.08. The minimum atomic E-state index is -4.54. The van der Waals surface area contributed by atoms with Gasteiger partial charge in [0.05, 0.1) is 23.6 Å². The van der Waals surface area contributed by atoms with Gasteiger partial charge in [-0.05, 0) is 6.92 Å². The van der Waals surface area contributed by atoms with E-state index in [1.165, 1.54) is 17.9 Å². The van der Waals surface area contributed by atoms with Crippen LogP contribution in [-0.2, 0) is 12.7 Å². The molecule has 7 nitrogen and oxygen atoms in total. The van der Waals surface area contributed by atoms with Gasteiger partial charge >= 0.3 is 6.18 Å². The molecule has 0 saturated heterocycles. The van der Waals surface area contributed by atoms with Crippen LogP contribution in [0.2, 0.25) is 0 Å². The van der Waals surface area contributed by atoms with Crippen molar-refractivity contribution in [2.75, 3.05) is 17.7 Å². The van der Waals surface area contributed by atoms with E-state index in [1.807, 2.05) is 6.07 Å². The summed E-state index contributed by atoms with van der Waals surface area (Å²) >= 11 is 0. The predicted molar refractivity (Wildman–Crippen MR) is 72.4 cm³/mol. The second kappa shape index (κ2) is 5.88. The van der Waals surface area contributed by atoms with Gasteiger partial charge in [0.15, 0.2) is 0 Å². The maximum absolute atomic E-state index is 12.8. The third-order valence-corrected chi connectivity index (χ3v) is 2.90. The highest BCUT2D eigenvalue weighted by Crippen LogP contribution is 2.33. The molecule has 0 spiro atoms. The van der Waals surface area contributed by atoms with Crippen molar-refractivity contribution >= 4 is 17.5 Å². The lowest BCUT2D eigenvalue weighted by atomic mass is 10.3. The van der Waals surface area contributed by atoms with E-state index in [-0.39, 0.29) is 18.3 Å². The third-order valence-electron chi connectivity index (χ3n) is 2.90. The first kappa shape index (κ1) is 15.6. The fourth-order valence-corrected chi connectivity index (χ4v) is 1.76. The van der Waals surface area contributed by atoms with Crippen LogP contribution in [-0.4, -0.2) is 26.8 Å². The van der Waals surface area contributed by atoms with Crippen molar-refractivity contribution in [3.05, 3.63) is 23.7 Å². The van der Waals surface area contributed by atoms with Gasteiger partial charge in [0.1, 0.15) is 17.9 Å². The highest BCUT2D eigenvalue weighted by Gasteiger charge is 2.35. The van der Waals surface area contributed by atoms with E-state index < -0.39 is 11.7 Å². The lowest BCUT2D eigenvalue weighted by Gasteiger charge is -2.12. The second-order valence-corrected chi connectivity index (χ2v) is 4.29. The molecule has 2 heterocycles. The number of halogens is 3. The number of hydrogen-bond acceptors (Lipinski definition) is 6. The highest BCUT2D eigenvalue weighted by molar-refractivity contribution is 5.57. The molecule has 0 atom stereocenters. The van der Waals surface area contributed by atoms with Crippen molar-refractivity contribution < 1.29 is 13.2 Å². The molecule has 0 saturated carbocycles. The minimum absolute atomic E-state index is 0.00282. The molecule has 22 heavy (non-hydrogen) atoms. The lowest BCUT2D eigenvalue weighted by molar-refractivity contribution is -0.137. The maximum Gasteiger partial charge on any atom is 0.421 e. The number of alkyl halides is 3. The first-order valence-electron chi connectivity index (χ1n) is 6.15. The Morgan fingerprint density at radius 1 is 1.36 bits per heavy atom. The van der Waals surface area contributed by atoms with Crippen molar-refractivity contribution in [2.45, 2.75) is 19.6 Å². The molecule has 0 aliphatic rings. The summed E-state index contributed by atoms with van der Waals surface area (Å²) in [4.78, 5) is 7.46. The highest BCUT2D eigenvalue weighted by atomic mass is 19.4. The molecule has 0 radical (unpaired) electrons. The molecule has 2 rings (SSSR count). The zero-order valence-corrected chi connectivity index (χ0v) is 11.7. The summed E-state index contributed by atoms with van der Waals surface area (Å²) in [6, 6.07) is 1.95. The van der Waals surface area contributed by atoms with E-state index in [0.717, 1.165) is 0 Å². The van der Waals surface area contributed by atoms with Gasteiger partial charge in [-0.3, -0.25) is 4.68 Å². The number of rotatable bonds is 4. The fraction of sp³-hybridized carbons (Fsp3) is 0.333. The molecular weight excluding hydrogens is 299 g/mol. The molecule has 0 bridgehead atoms. The average Bonchev–Trinajstić information content (AvgIpc) is 2.79. The molecule has 0 unspecified atom stereocenters. The summed E-state index contributed by atoms with van der Waals surface area (Å²) in [7, 11) is 1.34. The van der Waals surface area contributed by atoms with Gasteiger partial charge in [-0.15, -0.1) is 0 Å². The van der Waals surface area contributed by atoms with Crippen LogP contribution in [0, 0.1) is 18.3 Å². The van der Waals surface area contributed by atoms with Crippen molar-refractivity contribution in [1.82, 2.24) is 19.7 Å². The minimum Gasteiger partial charge on any atom is -0.372 e. The van der Waals surface area contributed by atoms with Crippen LogP contribution in [0.15, 0.2) is 12.4 Å². The molecule has 0 aliphatic heterocycles. The summed E-state index contributed by atoms with van der Waals surface area (Å²) < 4.78 is 39.7. The van der Waals surface area contributed by atoms with E-state index in [1.54, 1.807) is 6.92 Å². The largest absolute Gasteiger partial charge is 0.421 e. The zero-order valence-electron chi connectivity index (χ0n) is 11.7. The molecule has 0 amide bonds. The molecule has 2 N–H and O–H groups in total. The van der Waals surface area contributed by atoms with Crippen molar-refractivity contribution in [3.8, 4) is 6.07 Å². The molecule has 10 heteroatoms. The van der Waals surface area contributed by atoms with Crippen molar-refractivity contribution in [1.29, 1.82) is 5.26 Å². The standard InChI is InChI=1S/C12H12F3N7/c1-7-9(6-19-22(7)4-3-16)20-11-18-5-8(12(13,14)15)10(17-2)21-11/h5-6H,4H2,1-2H3,(H2,17,18,20,21). The number of aromatic nitrogens is 4. The summed E-state index contributed by atoms with van der Waals surface area (Å²) in [6.45, 7) is 1.79. The Morgan fingerprint density at radius 3 is 2.68 bits per heavy atom. The van der Waals surface area contributed by atoms with Crippen LogP contribution in [0.5, 0.6) is 0 Å². The Labute approximate surface area is 123 Å².